The van der Waals surface area contributed by atoms with Gasteiger partial charge in [0, 0.05) is 49.7 Å². The molecule has 142 valence electrons. The second-order valence-electron chi connectivity index (χ2n) is 6.83. The van der Waals surface area contributed by atoms with Crippen molar-refractivity contribution in [2.24, 2.45) is 0 Å². The summed E-state index contributed by atoms with van der Waals surface area (Å²) in [6.07, 6.45) is 0. The van der Waals surface area contributed by atoms with Crippen LogP contribution in [0.2, 0.25) is 0 Å². The zero-order valence-corrected chi connectivity index (χ0v) is 15.6. The molecule has 1 unspecified atom stereocenters. The molecule has 1 saturated heterocycles. The van der Waals surface area contributed by atoms with Crippen LogP contribution in [-0.2, 0) is 4.79 Å². The number of anilines is 2. The highest BCUT2D eigenvalue weighted by atomic mass is 16.6. The summed E-state index contributed by atoms with van der Waals surface area (Å²) in [7, 11) is 0. The molecule has 3 rings (SSSR count). The Morgan fingerprint density at radius 2 is 1.78 bits per heavy atom. The normalized spacial score (nSPS) is 16.0. The highest BCUT2D eigenvalue weighted by Gasteiger charge is 2.26. The molecule has 2 aromatic carbocycles. The monoisotopic (exact) mass is 368 g/mol. The SMILES string of the molecule is Cc1cccc(NC(=O)C(C)N2CCN(c3ccc([N+](=O)[O-])cc3)CC2)c1. The summed E-state index contributed by atoms with van der Waals surface area (Å²) in [5, 5.41) is 13.7. The Kier molecular flexibility index (Phi) is 5.71. The number of nitrogens with one attached hydrogen (secondary N) is 1. The highest BCUT2D eigenvalue weighted by molar-refractivity contribution is 5.94. The topological polar surface area (TPSA) is 78.7 Å². The van der Waals surface area contributed by atoms with Gasteiger partial charge in [-0.3, -0.25) is 19.8 Å². The molecule has 1 atom stereocenters. The number of carbonyl (C=O) groups is 1. The molecule has 0 radical (unpaired) electrons. The lowest BCUT2D eigenvalue weighted by Crippen LogP contribution is -2.52. The van der Waals surface area contributed by atoms with Crippen molar-refractivity contribution < 1.29 is 9.72 Å². The average Bonchev–Trinajstić information content (AvgIpc) is 2.67. The van der Waals surface area contributed by atoms with Gasteiger partial charge in [-0.15, -0.1) is 0 Å². The largest absolute Gasteiger partial charge is 0.369 e. The molecular formula is C20H24N4O3. The molecule has 27 heavy (non-hydrogen) atoms. The number of nitrogens with zero attached hydrogens (tertiary/aromatic N) is 3. The van der Waals surface area contributed by atoms with Gasteiger partial charge >= 0.3 is 0 Å². The Morgan fingerprint density at radius 1 is 1.11 bits per heavy atom. The van der Waals surface area contributed by atoms with E-state index in [1.54, 1.807) is 12.1 Å². The molecule has 0 aliphatic carbocycles. The van der Waals surface area contributed by atoms with E-state index in [1.807, 2.05) is 38.1 Å². The fourth-order valence-corrected chi connectivity index (χ4v) is 3.29. The number of nitro groups is 1. The molecule has 1 aliphatic heterocycles. The molecule has 0 bridgehead atoms. The van der Waals surface area contributed by atoms with Crippen molar-refractivity contribution in [3.05, 3.63) is 64.2 Å². The van der Waals surface area contributed by atoms with Gasteiger partial charge in [-0.25, -0.2) is 0 Å². The fourth-order valence-electron chi connectivity index (χ4n) is 3.29. The van der Waals surface area contributed by atoms with Gasteiger partial charge in [0.25, 0.3) is 5.69 Å². The molecule has 1 heterocycles. The molecule has 0 saturated carbocycles. The van der Waals surface area contributed by atoms with Crippen LogP contribution in [-0.4, -0.2) is 48.0 Å². The van der Waals surface area contributed by atoms with Crippen LogP contribution in [0.3, 0.4) is 0 Å². The van der Waals surface area contributed by atoms with E-state index in [2.05, 4.69) is 15.1 Å². The Morgan fingerprint density at radius 3 is 2.37 bits per heavy atom. The smallest absolute Gasteiger partial charge is 0.269 e. The summed E-state index contributed by atoms with van der Waals surface area (Å²) in [4.78, 5) is 27.3. The van der Waals surface area contributed by atoms with Gasteiger partial charge < -0.3 is 10.2 Å². The zero-order valence-electron chi connectivity index (χ0n) is 15.6. The van der Waals surface area contributed by atoms with Gasteiger partial charge in [0.1, 0.15) is 0 Å². The quantitative estimate of drug-likeness (QED) is 0.648. The maximum Gasteiger partial charge on any atom is 0.269 e. The second kappa shape index (κ2) is 8.18. The minimum Gasteiger partial charge on any atom is -0.369 e. The van der Waals surface area contributed by atoms with Gasteiger partial charge in [0.15, 0.2) is 0 Å². The van der Waals surface area contributed by atoms with Crippen molar-refractivity contribution in [1.29, 1.82) is 0 Å². The predicted molar refractivity (Wildman–Crippen MR) is 106 cm³/mol. The molecule has 1 aliphatic rings. The third-order valence-corrected chi connectivity index (χ3v) is 4.95. The average molecular weight is 368 g/mol. The van der Waals surface area contributed by atoms with Crippen molar-refractivity contribution in [3.63, 3.8) is 0 Å². The number of hydrogen-bond donors (Lipinski definition) is 1. The van der Waals surface area contributed by atoms with Crippen LogP contribution in [0.15, 0.2) is 48.5 Å². The Hall–Kier alpha value is -2.93. The molecule has 1 amide bonds. The van der Waals surface area contributed by atoms with E-state index in [9.17, 15) is 14.9 Å². The number of nitro benzene ring substituents is 1. The molecule has 7 heteroatoms. The standard InChI is InChI=1S/C20H24N4O3/c1-15-4-3-5-17(14-15)21-20(25)16(2)22-10-12-23(13-11-22)18-6-8-19(9-7-18)24(26)27/h3-9,14,16H,10-13H2,1-2H3,(H,21,25). The zero-order chi connectivity index (χ0) is 19.4. The molecule has 1 fully saturated rings. The number of piperazine rings is 1. The van der Waals surface area contributed by atoms with Crippen molar-refractivity contribution in [1.82, 2.24) is 4.90 Å². The second-order valence-corrected chi connectivity index (χ2v) is 6.83. The van der Waals surface area contributed by atoms with Crippen LogP contribution in [0.25, 0.3) is 0 Å². The number of non-ortho nitro benzene ring substituents is 1. The lowest BCUT2D eigenvalue weighted by Gasteiger charge is -2.38. The Labute approximate surface area is 158 Å². The minimum atomic E-state index is -0.393. The lowest BCUT2D eigenvalue weighted by atomic mass is 10.1. The maximum atomic E-state index is 12.5. The fraction of sp³-hybridized carbons (Fsp3) is 0.350. The first-order chi connectivity index (χ1) is 12.9. The van der Waals surface area contributed by atoms with Gasteiger partial charge in [0.2, 0.25) is 5.91 Å². The van der Waals surface area contributed by atoms with E-state index in [-0.39, 0.29) is 17.6 Å². The molecular weight excluding hydrogens is 344 g/mol. The number of hydrogen-bond acceptors (Lipinski definition) is 5. The first-order valence-electron chi connectivity index (χ1n) is 9.05. The molecule has 7 nitrogen and oxygen atoms in total. The first kappa shape index (κ1) is 18.8. The third-order valence-electron chi connectivity index (χ3n) is 4.95. The third kappa shape index (κ3) is 4.62. The van der Waals surface area contributed by atoms with E-state index < -0.39 is 4.92 Å². The molecule has 2 aromatic rings. The van der Waals surface area contributed by atoms with Crippen LogP contribution in [0.5, 0.6) is 0 Å². The number of aryl methyl sites for hydroxylation is 1. The summed E-state index contributed by atoms with van der Waals surface area (Å²) in [5.41, 5.74) is 2.99. The van der Waals surface area contributed by atoms with Gasteiger partial charge in [-0.2, -0.15) is 0 Å². The van der Waals surface area contributed by atoms with E-state index in [0.29, 0.717) is 0 Å². The van der Waals surface area contributed by atoms with Gasteiger partial charge in [-0.1, -0.05) is 12.1 Å². The summed E-state index contributed by atoms with van der Waals surface area (Å²) >= 11 is 0. The van der Waals surface area contributed by atoms with Gasteiger partial charge in [-0.05, 0) is 43.7 Å². The van der Waals surface area contributed by atoms with Gasteiger partial charge in [0.05, 0.1) is 11.0 Å². The van der Waals surface area contributed by atoms with Crippen LogP contribution in [0.4, 0.5) is 17.1 Å². The highest BCUT2D eigenvalue weighted by Crippen LogP contribution is 2.21. The number of benzene rings is 2. The Balaban J connectivity index is 1.54. The lowest BCUT2D eigenvalue weighted by molar-refractivity contribution is -0.384. The summed E-state index contributed by atoms with van der Waals surface area (Å²) < 4.78 is 0. The first-order valence-corrected chi connectivity index (χ1v) is 9.05. The van der Waals surface area contributed by atoms with Crippen LogP contribution in [0, 0.1) is 17.0 Å². The number of carbonyl (C=O) groups excluding carboxylic acids is 1. The summed E-state index contributed by atoms with van der Waals surface area (Å²) in [6, 6.07) is 14.2. The molecule has 1 N–H and O–H groups in total. The van der Waals surface area contributed by atoms with E-state index >= 15 is 0 Å². The number of amides is 1. The minimum absolute atomic E-state index is 0.00983. The number of rotatable bonds is 5. The maximum absolute atomic E-state index is 12.5. The summed E-state index contributed by atoms with van der Waals surface area (Å²) in [5.74, 6) is -0.00983. The van der Waals surface area contributed by atoms with Crippen molar-refractivity contribution in [3.8, 4) is 0 Å². The van der Waals surface area contributed by atoms with Crippen LogP contribution >= 0.6 is 0 Å². The van der Waals surface area contributed by atoms with E-state index in [4.69, 9.17) is 0 Å². The molecule has 0 spiro atoms. The van der Waals surface area contributed by atoms with Crippen molar-refractivity contribution in [2.75, 3.05) is 36.4 Å². The van der Waals surface area contributed by atoms with Crippen LogP contribution in [0.1, 0.15) is 12.5 Å². The Bertz CT molecular complexity index is 814. The van der Waals surface area contributed by atoms with Crippen LogP contribution < -0.4 is 10.2 Å². The predicted octanol–water partition coefficient (Wildman–Crippen LogP) is 3.05. The van der Waals surface area contributed by atoms with Crippen molar-refractivity contribution >= 4 is 23.0 Å². The molecule has 0 aromatic heterocycles. The van der Waals surface area contributed by atoms with E-state index in [1.165, 1.54) is 12.1 Å². The summed E-state index contributed by atoms with van der Waals surface area (Å²) in [6.45, 7) is 7.00. The van der Waals surface area contributed by atoms with E-state index in [0.717, 1.165) is 43.1 Å². The van der Waals surface area contributed by atoms with Crippen molar-refractivity contribution in [2.45, 2.75) is 19.9 Å².